The maximum Gasteiger partial charge on any atom is 2.00 e. The Bertz CT molecular complexity index is 242. The van der Waals surface area contributed by atoms with Crippen molar-refractivity contribution in [1.82, 2.24) is 0 Å². The van der Waals surface area contributed by atoms with E-state index in [9.17, 15) is 24.6 Å². The molecule has 0 aliphatic heterocycles. The van der Waals surface area contributed by atoms with Gasteiger partial charge in [-0.1, -0.05) is 6.58 Å². The molecule has 7 heteroatoms. The molecule has 0 aliphatic rings. The van der Waals surface area contributed by atoms with Crippen molar-refractivity contribution in [2.45, 2.75) is 0 Å². The van der Waals surface area contributed by atoms with Crippen LogP contribution in [0.4, 0.5) is 0 Å². The smallest absolute Gasteiger partial charge is 0.545 e. The quantitative estimate of drug-likeness (QED) is 0.287. The summed E-state index contributed by atoms with van der Waals surface area (Å²) in [6.07, 6.45) is 1.88. The zero-order chi connectivity index (χ0) is 11.6. The number of ether oxygens (including phenoxy) is 1. The van der Waals surface area contributed by atoms with E-state index in [1.807, 2.05) is 0 Å². The summed E-state index contributed by atoms with van der Waals surface area (Å²) in [5.74, 6) is -3.49. The minimum Gasteiger partial charge on any atom is -0.545 e. The van der Waals surface area contributed by atoms with Crippen LogP contribution in [0.3, 0.4) is 0 Å². The Morgan fingerprint density at radius 3 is 1.53 bits per heavy atom. The van der Waals surface area contributed by atoms with Crippen LogP contribution >= 0.6 is 0 Å². The second-order valence-electron chi connectivity index (χ2n) is 1.70. The summed E-state index contributed by atoms with van der Waals surface area (Å²) in [7, 11) is 1.31. The molecule has 0 radical (unpaired) electrons. The minimum absolute atomic E-state index is 0. The van der Waals surface area contributed by atoms with Crippen molar-refractivity contribution in [1.29, 1.82) is 0 Å². The van der Waals surface area contributed by atoms with E-state index in [0.717, 1.165) is 6.08 Å². The molecule has 0 heterocycles. The molecule has 0 saturated carbocycles. The van der Waals surface area contributed by atoms with E-state index in [-0.39, 0.29) is 23.1 Å². The summed E-state index contributed by atoms with van der Waals surface area (Å²) in [5, 5.41) is 18.8. The summed E-state index contributed by atoms with van der Waals surface area (Å²) in [6, 6.07) is 0. The van der Waals surface area contributed by atoms with E-state index in [0.29, 0.717) is 12.2 Å². The Kier molecular flexibility index (Phi) is 16.3. The molecule has 0 amide bonds. The molecule has 0 bridgehead atoms. The Hall–Kier alpha value is -1.34. The molecule has 0 N–H and O–H groups in total. The van der Waals surface area contributed by atoms with E-state index >= 15 is 0 Å². The maximum absolute atomic E-state index is 9.84. The molecule has 0 rings (SSSR count). The van der Waals surface area contributed by atoms with E-state index in [1.54, 1.807) is 0 Å². The first kappa shape index (κ1) is 19.3. The number of hydrogen-bond donors (Lipinski definition) is 0. The molecule has 6 nitrogen and oxygen atoms in total. The Morgan fingerprint density at radius 1 is 1.13 bits per heavy atom. The SMILES string of the molecule is C=CC(=O)OC.O=C([O-])/C=C\C(=O)[O-].[Mg+2]. The van der Waals surface area contributed by atoms with Crippen molar-refractivity contribution in [2.24, 2.45) is 0 Å². The van der Waals surface area contributed by atoms with Crippen molar-refractivity contribution in [3.8, 4) is 0 Å². The summed E-state index contributed by atoms with van der Waals surface area (Å²) in [6.45, 7) is 3.16. The van der Waals surface area contributed by atoms with Crippen LogP contribution in [0, 0.1) is 0 Å². The van der Waals surface area contributed by atoms with Crippen molar-refractivity contribution in [3.63, 3.8) is 0 Å². The third kappa shape index (κ3) is 24.5. The number of carbonyl (C=O) groups excluding carboxylic acids is 3. The van der Waals surface area contributed by atoms with Crippen molar-refractivity contribution in [2.75, 3.05) is 7.11 Å². The van der Waals surface area contributed by atoms with Crippen LogP contribution in [0.15, 0.2) is 24.8 Å². The predicted molar refractivity (Wildman–Crippen MR) is 47.1 cm³/mol. The van der Waals surface area contributed by atoms with Gasteiger partial charge < -0.3 is 24.5 Å². The van der Waals surface area contributed by atoms with Gasteiger partial charge in [-0.2, -0.15) is 0 Å². The van der Waals surface area contributed by atoms with E-state index in [2.05, 4.69) is 11.3 Å². The molecule has 0 aliphatic carbocycles. The van der Waals surface area contributed by atoms with Crippen LogP contribution in [0.25, 0.3) is 0 Å². The number of carbonyl (C=O) groups is 3. The standard InChI is InChI=1S/C4H4O4.C4H6O2.Mg/c5-3(6)1-2-4(7)8;1-3-4(5)6-2;/h1-2H,(H,5,6)(H,7,8);3H,1H2,2H3;/q;;+2/p-2/b2-1-;;. The van der Waals surface area contributed by atoms with Gasteiger partial charge >= 0.3 is 29.0 Å². The largest absolute Gasteiger partial charge is 2.00 e. The first-order valence-electron chi connectivity index (χ1n) is 3.24. The van der Waals surface area contributed by atoms with Crippen LogP contribution in [-0.2, 0) is 19.1 Å². The van der Waals surface area contributed by atoms with Gasteiger partial charge in [0.15, 0.2) is 0 Å². The number of hydrogen-bond acceptors (Lipinski definition) is 6. The topological polar surface area (TPSA) is 107 Å². The fourth-order valence-corrected chi connectivity index (χ4v) is 0.219. The fraction of sp³-hybridized carbons (Fsp3) is 0.125. The summed E-state index contributed by atoms with van der Waals surface area (Å²) < 4.78 is 4.14. The second kappa shape index (κ2) is 12.7. The molecule has 0 spiro atoms. The minimum atomic E-state index is -1.55. The fourth-order valence-electron chi connectivity index (χ4n) is 0.219. The molecule has 0 atom stereocenters. The number of methoxy groups -OCH3 is 1. The van der Waals surface area contributed by atoms with Gasteiger partial charge in [-0.15, -0.1) is 0 Å². The van der Waals surface area contributed by atoms with Crippen LogP contribution in [0.2, 0.25) is 0 Å². The molecule has 0 unspecified atom stereocenters. The summed E-state index contributed by atoms with van der Waals surface area (Å²) in [5.41, 5.74) is 0. The first-order valence-corrected chi connectivity index (χ1v) is 3.24. The Balaban J connectivity index is -0.000000187. The number of carboxylic acid groups (broad SMARTS) is 2. The summed E-state index contributed by atoms with van der Waals surface area (Å²) in [4.78, 5) is 28.7. The van der Waals surface area contributed by atoms with Crippen LogP contribution < -0.4 is 10.2 Å². The molecule has 0 saturated heterocycles. The zero-order valence-corrected chi connectivity index (χ0v) is 9.51. The second-order valence-corrected chi connectivity index (χ2v) is 1.70. The predicted octanol–water partition coefficient (Wildman–Crippen LogP) is -2.99. The van der Waals surface area contributed by atoms with E-state index in [1.165, 1.54) is 7.11 Å². The molecule has 0 fully saturated rings. The maximum atomic E-state index is 9.84. The van der Waals surface area contributed by atoms with Gasteiger partial charge in [0.2, 0.25) is 0 Å². The van der Waals surface area contributed by atoms with Gasteiger partial charge in [0.25, 0.3) is 0 Å². The monoisotopic (exact) mass is 224 g/mol. The van der Waals surface area contributed by atoms with Crippen molar-refractivity contribution >= 4 is 41.0 Å². The van der Waals surface area contributed by atoms with Crippen LogP contribution in [0.1, 0.15) is 0 Å². The third-order valence-corrected chi connectivity index (χ3v) is 0.723. The van der Waals surface area contributed by atoms with Gasteiger partial charge in [-0.05, 0) is 12.2 Å². The molecule has 0 aromatic rings. The molecular weight excluding hydrogens is 216 g/mol. The molecule has 78 valence electrons. The average Bonchev–Trinajstić information content (AvgIpc) is 2.14. The number of rotatable bonds is 3. The Labute approximate surface area is 102 Å². The Morgan fingerprint density at radius 2 is 1.47 bits per heavy atom. The molecular formula is C8H8MgO6. The van der Waals surface area contributed by atoms with Crippen LogP contribution in [0.5, 0.6) is 0 Å². The van der Waals surface area contributed by atoms with Crippen molar-refractivity contribution in [3.05, 3.63) is 24.8 Å². The van der Waals surface area contributed by atoms with Gasteiger partial charge in [0.05, 0.1) is 19.0 Å². The zero-order valence-electron chi connectivity index (χ0n) is 8.10. The van der Waals surface area contributed by atoms with E-state index in [4.69, 9.17) is 0 Å². The van der Waals surface area contributed by atoms with Gasteiger partial charge in [-0.3, -0.25) is 0 Å². The normalized spacial score (nSPS) is 7.80. The molecule has 0 aromatic carbocycles. The first-order chi connectivity index (χ1) is 6.43. The molecule has 0 aromatic heterocycles. The van der Waals surface area contributed by atoms with Gasteiger partial charge in [-0.25, -0.2) is 4.79 Å². The van der Waals surface area contributed by atoms with E-state index < -0.39 is 17.9 Å². The van der Waals surface area contributed by atoms with Crippen molar-refractivity contribution < 1.29 is 29.3 Å². The summed E-state index contributed by atoms with van der Waals surface area (Å²) >= 11 is 0. The number of carboxylic acids is 2. The third-order valence-electron chi connectivity index (χ3n) is 0.723. The number of aliphatic carboxylic acids is 2. The van der Waals surface area contributed by atoms with Gasteiger partial charge in [0.1, 0.15) is 0 Å². The van der Waals surface area contributed by atoms with Crippen LogP contribution in [-0.4, -0.2) is 48.1 Å². The molecule has 15 heavy (non-hydrogen) atoms. The van der Waals surface area contributed by atoms with Gasteiger partial charge in [0, 0.05) is 6.08 Å². The number of esters is 1. The average molecular weight is 224 g/mol.